The smallest absolute Gasteiger partial charge is 0.0619 e. The zero-order valence-electron chi connectivity index (χ0n) is 25.2. The molecule has 0 aliphatic rings. The van der Waals surface area contributed by atoms with E-state index in [0.29, 0.717) is 0 Å². The van der Waals surface area contributed by atoms with Gasteiger partial charge in [0.1, 0.15) is 0 Å². The molecule has 0 saturated carbocycles. The predicted octanol–water partition coefficient (Wildman–Crippen LogP) is 12.2. The molecule has 9 aromatic rings. The van der Waals surface area contributed by atoms with Crippen molar-refractivity contribution in [1.82, 2.24) is 4.57 Å². The van der Waals surface area contributed by atoms with E-state index in [1.165, 1.54) is 54.5 Å². The fraction of sp³-hybridized carbons (Fsp3) is 0. The number of hydrogen-bond donors (Lipinski definition) is 0. The van der Waals surface area contributed by atoms with Crippen molar-refractivity contribution in [1.29, 1.82) is 0 Å². The van der Waals surface area contributed by atoms with Gasteiger partial charge in [-0.3, -0.25) is 0 Å². The van der Waals surface area contributed by atoms with Crippen LogP contribution in [-0.4, -0.2) is 4.57 Å². The normalized spacial score (nSPS) is 11.5. The Bertz CT molecular complexity index is 2530. The molecule has 0 unspecified atom stereocenters. The van der Waals surface area contributed by atoms with Crippen LogP contribution in [0.2, 0.25) is 0 Å². The highest BCUT2D eigenvalue weighted by molar-refractivity contribution is 6.22. The molecule has 1 heterocycles. The van der Waals surface area contributed by atoms with Crippen LogP contribution in [-0.2, 0) is 0 Å². The summed E-state index contributed by atoms with van der Waals surface area (Å²) in [6, 6.07) is 65.7. The number of anilines is 3. The SMILES string of the molecule is c1ccc(N(c2cccc(-c3cccc4c3c3ccc5ccccc5c3n4-c3ccccc3)c2)c2ccc3ccccc3c2)cc1. The highest BCUT2D eigenvalue weighted by atomic mass is 15.1. The molecule has 2 nitrogen and oxygen atoms in total. The first-order valence-corrected chi connectivity index (χ1v) is 15.8. The van der Waals surface area contributed by atoms with Gasteiger partial charge in [-0.2, -0.15) is 0 Å². The second-order valence-electron chi connectivity index (χ2n) is 11.8. The fourth-order valence-electron chi connectivity index (χ4n) is 7.07. The monoisotopic (exact) mass is 586 g/mol. The molecule has 2 heteroatoms. The van der Waals surface area contributed by atoms with Gasteiger partial charge >= 0.3 is 0 Å². The Morgan fingerprint density at radius 1 is 0.391 bits per heavy atom. The summed E-state index contributed by atoms with van der Waals surface area (Å²) in [7, 11) is 0. The Labute approximate surface area is 268 Å². The summed E-state index contributed by atoms with van der Waals surface area (Å²) in [5.41, 5.74) is 9.39. The second-order valence-corrected chi connectivity index (χ2v) is 11.8. The van der Waals surface area contributed by atoms with E-state index in [9.17, 15) is 0 Å². The maximum absolute atomic E-state index is 2.44. The number of aromatic nitrogens is 1. The molecule has 0 aliphatic heterocycles. The number of nitrogens with zero attached hydrogens (tertiary/aromatic N) is 2. The highest BCUT2D eigenvalue weighted by Crippen LogP contribution is 2.43. The molecule has 46 heavy (non-hydrogen) atoms. The molecule has 0 bridgehead atoms. The lowest BCUT2D eigenvalue weighted by atomic mass is 9.97. The van der Waals surface area contributed by atoms with Crippen molar-refractivity contribution >= 4 is 60.4 Å². The van der Waals surface area contributed by atoms with Crippen LogP contribution in [0.1, 0.15) is 0 Å². The third-order valence-electron chi connectivity index (χ3n) is 9.11. The lowest BCUT2D eigenvalue weighted by Crippen LogP contribution is -2.09. The van der Waals surface area contributed by atoms with Gasteiger partial charge in [-0.1, -0.05) is 127 Å². The van der Waals surface area contributed by atoms with E-state index in [1.807, 2.05) is 0 Å². The van der Waals surface area contributed by atoms with Crippen LogP contribution in [0, 0.1) is 0 Å². The van der Waals surface area contributed by atoms with Gasteiger partial charge in [0.25, 0.3) is 0 Å². The zero-order valence-corrected chi connectivity index (χ0v) is 25.2. The molecule has 0 fully saturated rings. The molecule has 8 aromatic carbocycles. The van der Waals surface area contributed by atoms with E-state index in [0.717, 1.165) is 22.7 Å². The van der Waals surface area contributed by atoms with Crippen LogP contribution in [0.25, 0.3) is 60.2 Å². The summed E-state index contributed by atoms with van der Waals surface area (Å²) in [5.74, 6) is 0. The van der Waals surface area contributed by atoms with Crippen LogP contribution in [0.4, 0.5) is 17.1 Å². The van der Waals surface area contributed by atoms with Crippen molar-refractivity contribution in [3.8, 4) is 16.8 Å². The van der Waals surface area contributed by atoms with Crippen molar-refractivity contribution in [3.63, 3.8) is 0 Å². The minimum Gasteiger partial charge on any atom is -0.310 e. The van der Waals surface area contributed by atoms with E-state index in [1.54, 1.807) is 0 Å². The maximum Gasteiger partial charge on any atom is 0.0619 e. The summed E-state index contributed by atoms with van der Waals surface area (Å²) in [6.07, 6.45) is 0. The molecule has 9 rings (SSSR count). The number of fused-ring (bicyclic) bond motifs is 6. The van der Waals surface area contributed by atoms with E-state index < -0.39 is 0 Å². The molecule has 0 spiro atoms. The van der Waals surface area contributed by atoms with E-state index in [2.05, 4.69) is 191 Å². The Hall–Kier alpha value is -6.12. The van der Waals surface area contributed by atoms with Gasteiger partial charge in [0.05, 0.1) is 11.0 Å². The molecule has 0 saturated heterocycles. The van der Waals surface area contributed by atoms with Crippen LogP contribution in [0.3, 0.4) is 0 Å². The Morgan fingerprint density at radius 3 is 1.89 bits per heavy atom. The van der Waals surface area contributed by atoms with Crippen molar-refractivity contribution in [3.05, 3.63) is 182 Å². The molecular formula is C44H30N2. The van der Waals surface area contributed by atoms with Crippen LogP contribution < -0.4 is 4.90 Å². The van der Waals surface area contributed by atoms with Gasteiger partial charge in [0.15, 0.2) is 0 Å². The van der Waals surface area contributed by atoms with Gasteiger partial charge in [0.2, 0.25) is 0 Å². The van der Waals surface area contributed by atoms with Crippen molar-refractivity contribution in [2.75, 3.05) is 4.90 Å². The summed E-state index contributed by atoms with van der Waals surface area (Å²) >= 11 is 0. The maximum atomic E-state index is 2.44. The summed E-state index contributed by atoms with van der Waals surface area (Å²) in [5, 5.41) is 7.48. The molecule has 0 radical (unpaired) electrons. The van der Waals surface area contributed by atoms with Gasteiger partial charge in [0, 0.05) is 38.9 Å². The third kappa shape index (κ3) is 4.27. The summed E-state index contributed by atoms with van der Waals surface area (Å²) < 4.78 is 2.44. The fourth-order valence-corrected chi connectivity index (χ4v) is 7.07. The molecule has 216 valence electrons. The second kappa shape index (κ2) is 10.8. The Morgan fingerprint density at radius 2 is 1.04 bits per heavy atom. The summed E-state index contributed by atoms with van der Waals surface area (Å²) in [6.45, 7) is 0. The largest absolute Gasteiger partial charge is 0.310 e. The molecular weight excluding hydrogens is 556 g/mol. The topological polar surface area (TPSA) is 8.17 Å². The quantitative estimate of drug-likeness (QED) is 0.195. The minimum atomic E-state index is 1.12. The van der Waals surface area contributed by atoms with Crippen molar-refractivity contribution < 1.29 is 0 Å². The standard InChI is InChI=1S/C44H30N2/c1-3-17-35(18-4-1)45(38-27-25-31-13-7-8-15-33(31)29-38)37-21-11-16-34(30-37)39-23-12-24-42-43(39)41-28-26-32-14-9-10-22-40(32)44(41)46(42)36-19-5-2-6-20-36/h1-30H. The Kier molecular flexibility index (Phi) is 6.17. The van der Waals surface area contributed by atoms with Crippen LogP contribution in [0.15, 0.2) is 182 Å². The van der Waals surface area contributed by atoms with Crippen molar-refractivity contribution in [2.45, 2.75) is 0 Å². The van der Waals surface area contributed by atoms with E-state index >= 15 is 0 Å². The molecule has 0 N–H and O–H groups in total. The molecule has 0 atom stereocenters. The first-order chi connectivity index (χ1) is 22.8. The minimum absolute atomic E-state index is 1.12. The highest BCUT2D eigenvalue weighted by Gasteiger charge is 2.19. The lowest BCUT2D eigenvalue weighted by molar-refractivity contribution is 1.19. The third-order valence-corrected chi connectivity index (χ3v) is 9.11. The first kappa shape index (κ1) is 26.3. The van der Waals surface area contributed by atoms with Crippen molar-refractivity contribution in [2.24, 2.45) is 0 Å². The van der Waals surface area contributed by atoms with E-state index in [4.69, 9.17) is 0 Å². The molecule has 1 aromatic heterocycles. The first-order valence-electron chi connectivity index (χ1n) is 15.8. The van der Waals surface area contributed by atoms with Gasteiger partial charge in [-0.05, 0) is 81.9 Å². The van der Waals surface area contributed by atoms with E-state index in [-0.39, 0.29) is 0 Å². The number of para-hydroxylation sites is 2. The van der Waals surface area contributed by atoms with Gasteiger partial charge in [-0.25, -0.2) is 0 Å². The predicted molar refractivity (Wildman–Crippen MR) is 196 cm³/mol. The van der Waals surface area contributed by atoms with Gasteiger partial charge < -0.3 is 9.47 Å². The average Bonchev–Trinajstić information content (AvgIpc) is 3.48. The molecule has 0 aliphatic carbocycles. The summed E-state index contributed by atoms with van der Waals surface area (Å²) in [4.78, 5) is 2.36. The molecule has 0 amide bonds. The lowest BCUT2D eigenvalue weighted by Gasteiger charge is -2.26. The number of hydrogen-bond acceptors (Lipinski definition) is 1. The zero-order chi connectivity index (χ0) is 30.5. The Balaban J connectivity index is 1.29. The number of rotatable bonds is 5. The average molecular weight is 587 g/mol. The van der Waals surface area contributed by atoms with Crippen LogP contribution >= 0.6 is 0 Å². The number of benzene rings is 8. The van der Waals surface area contributed by atoms with Gasteiger partial charge in [-0.15, -0.1) is 0 Å². The van der Waals surface area contributed by atoms with Crippen LogP contribution in [0.5, 0.6) is 0 Å².